The fraction of sp³-hybridized carbons (Fsp3) is 0.545. The molecule has 1 aromatic rings. The maximum absolute atomic E-state index is 11.6. The average Bonchev–Trinajstić information content (AvgIpc) is 2.61. The number of rotatable bonds is 5. The predicted molar refractivity (Wildman–Crippen MR) is 58.7 cm³/mol. The Bertz CT molecular complexity index is 320. The highest BCUT2D eigenvalue weighted by Gasteiger charge is 2.12. The van der Waals surface area contributed by atoms with Crippen molar-refractivity contribution in [3.8, 4) is 0 Å². The molecule has 84 valence electrons. The first-order valence-corrected chi connectivity index (χ1v) is 5.23. The molecule has 0 fully saturated rings. The molecule has 1 atom stereocenters. The molecule has 4 nitrogen and oxygen atoms in total. The number of nitrogens with one attached hydrogen (secondary N) is 1. The molecule has 0 saturated carbocycles. The van der Waals surface area contributed by atoms with Crippen LogP contribution in [-0.4, -0.2) is 18.5 Å². The minimum atomic E-state index is -0.191. The van der Waals surface area contributed by atoms with E-state index >= 15 is 0 Å². The third kappa shape index (κ3) is 3.40. The van der Waals surface area contributed by atoms with Gasteiger partial charge in [-0.1, -0.05) is 13.3 Å². The van der Waals surface area contributed by atoms with Gasteiger partial charge in [0.25, 0.3) is 5.91 Å². The van der Waals surface area contributed by atoms with E-state index in [0.29, 0.717) is 12.3 Å². The number of carbonyl (C=O) groups is 1. The lowest BCUT2D eigenvalue weighted by atomic mass is 10.2. The van der Waals surface area contributed by atoms with E-state index in [2.05, 4.69) is 12.2 Å². The van der Waals surface area contributed by atoms with Gasteiger partial charge in [-0.25, -0.2) is 0 Å². The predicted octanol–water partition coefficient (Wildman–Crippen LogP) is 1.45. The van der Waals surface area contributed by atoms with Crippen LogP contribution in [0.5, 0.6) is 0 Å². The summed E-state index contributed by atoms with van der Waals surface area (Å²) in [5.41, 5.74) is 6.62. The highest BCUT2D eigenvalue weighted by Crippen LogP contribution is 2.07. The highest BCUT2D eigenvalue weighted by molar-refractivity contribution is 5.92. The number of aryl methyl sites for hydroxylation is 1. The zero-order valence-corrected chi connectivity index (χ0v) is 9.25. The molecule has 0 aliphatic rings. The first kappa shape index (κ1) is 11.8. The van der Waals surface area contributed by atoms with Crippen LogP contribution in [0.25, 0.3) is 0 Å². The Hall–Kier alpha value is -1.29. The van der Waals surface area contributed by atoms with Crippen LogP contribution >= 0.6 is 0 Å². The molecule has 0 radical (unpaired) electrons. The molecule has 15 heavy (non-hydrogen) atoms. The summed E-state index contributed by atoms with van der Waals surface area (Å²) in [6, 6.07) is 1.79. The summed E-state index contributed by atoms with van der Waals surface area (Å²) < 4.78 is 5.07. The van der Waals surface area contributed by atoms with Crippen molar-refractivity contribution in [3.05, 3.63) is 23.7 Å². The second-order valence-corrected chi connectivity index (χ2v) is 3.69. The van der Waals surface area contributed by atoms with Gasteiger partial charge in [0.1, 0.15) is 0 Å². The summed E-state index contributed by atoms with van der Waals surface area (Å²) in [5, 5.41) is 2.75. The minimum Gasteiger partial charge on any atom is -0.459 e. The molecule has 0 bridgehead atoms. The molecule has 3 N–H and O–H groups in total. The van der Waals surface area contributed by atoms with Crippen molar-refractivity contribution < 1.29 is 9.21 Å². The molecular weight excluding hydrogens is 192 g/mol. The lowest BCUT2D eigenvalue weighted by molar-refractivity contribution is 0.0922. The second kappa shape index (κ2) is 5.56. The van der Waals surface area contributed by atoms with Gasteiger partial charge in [-0.15, -0.1) is 0 Å². The number of amides is 1. The topological polar surface area (TPSA) is 68.3 Å². The summed E-state index contributed by atoms with van der Waals surface area (Å²) in [6.07, 6.45) is 3.45. The van der Waals surface area contributed by atoms with Crippen molar-refractivity contribution >= 4 is 5.91 Å². The zero-order chi connectivity index (χ0) is 11.3. The Labute approximate surface area is 89.8 Å². The van der Waals surface area contributed by atoms with Gasteiger partial charge >= 0.3 is 0 Å². The van der Waals surface area contributed by atoms with Crippen molar-refractivity contribution in [2.45, 2.75) is 32.7 Å². The number of furan rings is 1. The summed E-state index contributed by atoms with van der Waals surface area (Å²) >= 11 is 0. The maximum Gasteiger partial charge on any atom is 0.287 e. The van der Waals surface area contributed by atoms with Crippen molar-refractivity contribution in [1.29, 1.82) is 0 Å². The lowest BCUT2D eigenvalue weighted by Crippen LogP contribution is -2.37. The third-order valence-corrected chi connectivity index (χ3v) is 2.25. The van der Waals surface area contributed by atoms with Gasteiger partial charge in [-0.05, 0) is 19.4 Å². The van der Waals surface area contributed by atoms with Crippen LogP contribution < -0.4 is 11.1 Å². The lowest BCUT2D eigenvalue weighted by Gasteiger charge is -2.10. The molecular formula is C11H18N2O2. The standard InChI is InChI=1S/C11H18N2O2/c1-3-4-9(12)7-13-11(14)10-8(2)5-6-15-10/h5-6,9H,3-4,7,12H2,1-2H3,(H,13,14). The number of nitrogens with two attached hydrogens (primary N) is 1. The van der Waals surface area contributed by atoms with Gasteiger partial charge in [0.2, 0.25) is 0 Å². The zero-order valence-electron chi connectivity index (χ0n) is 9.25. The summed E-state index contributed by atoms with van der Waals surface area (Å²) in [4.78, 5) is 11.6. The molecule has 1 heterocycles. The molecule has 0 aliphatic carbocycles. The van der Waals surface area contributed by atoms with Gasteiger partial charge in [0.05, 0.1) is 6.26 Å². The Morgan fingerprint density at radius 3 is 2.93 bits per heavy atom. The van der Waals surface area contributed by atoms with E-state index in [0.717, 1.165) is 18.4 Å². The highest BCUT2D eigenvalue weighted by atomic mass is 16.3. The fourth-order valence-corrected chi connectivity index (χ4v) is 1.38. The van der Waals surface area contributed by atoms with Crippen LogP contribution in [0.2, 0.25) is 0 Å². The summed E-state index contributed by atoms with van der Waals surface area (Å²) in [5.74, 6) is 0.183. The number of hydrogen-bond acceptors (Lipinski definition) is 3. The molecule has 0 saturated heterocycles. The normalized spacial score (nSPS) is 12.5. The van der Waals surface area contributed by atoms with Crippen molar-refractivity contribution in [1.82, 2.24) is 5.32 Å². The van der Waals surface area contributed by atoms with Crippen molar-refractivity contribution in [2.75, 3.05) is 6.54 Å². The first-order valence-electron chi connectivity index (χ1n) is 5.23. The number of carbonyl (C=O) groups excluding carboxylic acids is 1. The van der Waals surface area contributed by atoms with Gasteiger partial charge in [-0.2, -0.15) is 0 Å². The van der Waals surface area contributed by atoms with E-state index in [-0.39, 0.29) is 11.9 Å². The molecule has 1 amide bonds. The van der Waals surface area contributed by atoms with Crippen LogP contribution in [0, 0.1) is 6.92 Å². The third-order valence-electron chi connectivity index (χ3n) is 2.25. The van der Waals surface area contributed by atoms with Crippen LogP contribution in [0.4, 0.5) is 0 Å². The van der Waals surface area contributed by atoms with Crippen LogP contribution in [0.15, 0.2) is 16.7 Å². The first-order chi connectivity index (χ1) is 7.15. The quantitative estimate of drug-likeness (QED) is 0.772. The second-order valence-electron chi connectivity index (χ2n) is 3.69. The molecule has 0 aliphatic heterocycles. The summed E-state index contributed by atoms with van der Waals surface area (Å²) in [7, 11) is 0. The van der Waals surface area contributed by atoms with Crippen molar-refractivity contribution in [3.63, 3.8) is 0 Å². The molecule has 1 rings (SSSR count). The van der Waals surface area contributed by atoms with Crippen LogP contribution in [0.1, 0.15) is 35.9 Å². The van der Waals surface area contributed by atoms with E-state index in [4.69, 9.17) is 10.2 Å². The van der Waals surface area contributed by atoms with Crippen LogP contribution in [-0.2, 0) is 0 Å². The fourth-order valence-electron chi connectivity index (χ4n) is 1.38. The van der Waals surface area contributed by atoms with Gasteiger partial charge in [0.15, 0.2) is 5.76 Å². The van der Waals surface area contributed by atoms with E-state index in [9.17, 15) is 4.79 Å². The van der Waals surface area contributed by atoms with E-state index in [1.807, 2.05) is 6.92 Å². The van der Waals surface area contributed by atoms with Crippen molar-refractivity contribution in [2.24, 2.45) is 5.73 Å². The van der Waals surface area contributed by atoms with E-state index in [1.54, 1.807) is 6.07 Å². The minimum absolute atomic E-state index is 0.0224. The van der Waals surface area contributed by atoms with E-state index < -0.39 is 0 Å². The Morgan fingerprint density at radius 1 is 1.67 bits per heavy atom. The smallest absolute Gasteiger partial charge is 0.287 e. The molecule has 1 unspecified atom stereocenters. The average molecular weight is 210 g/mol. The van der Waals surface area contributed by atoms with Gasteiger partial charge in [0, 0.05) is 18.2 Å². The number of hydrogen-bond donors (Lipinski definition) is 2. The molecule has 0 spiro atoms. The van der Waals surface area contributed by atoms with Gasteiger partial charge in [-0.3, -0.25) is 4.79 Å². The van der Waals surface area contributed by atoms with Crippen LogP contribution in [0.3, 0.4) is 0 Å². The van der Waals surface area contributed by atoms with Gasteiger partial charge < -0.3 is 15.5 Å². The van der Waals surface area contributed by atoms with E-state index in [1.165, 1.54) is 6.26 Å². The largest absolute Gasteiger partial charge is 0.459 e. The molecule has 4 heteroatoms. The molecule has 1 aromatic heterocycles. The maximum atomic E-state index is 11.6. The Morgan fingerprint density at radius 2 is 2.40 bits per heavy atom. The Balaban J connectivity index is 2.40. The molecule has 0 aromatic carbocycles. The summed E-state index contributed by atoms with van der Waals surface area (Å²) in [6.45, 7) is 4.40. The monoisotopic (exact) mass is 210 g/mol. The SMILES string of the molecule is CCCC(N)CNC(=O)c1occc1C. The Kier molecular flexibility index (Phi) is 4.37.